The van der Waals surface area contributed by atoms with E-state index in [-0.39, 0.29) is 25.0 Å². The molecule has 1 spiro atoms. The minimum atomic E-state index is -1.31. The topological polar surface area (TPSA) is 96.4 Å². The molecular formula is C28H33ClN2O6. The number of nitrogens with zero attached hydrogens (tertiary/aromatic N) is 2. The molecule has 5 rings (SSSR count). The molecule has 1 unspecified atom stereocenters. The molecule has 37 heavy (non-hydrogen) atoms. The van der Waals surface area contributed by atoms with Crippen LogP contribution in [0.2, 0.25) is 5.02 Å². The van der Waals surface area contributed by atoms with E-state index in [0.29, 0.717) is 49.5 Å². The van der Waals surface area contributed by atoms with Crippen LogP contribution in [-0.2, 0) is 23.9 Å². The van der Waals surface area contributed by atoms with Gasteiger partial charge < -0.3 is 24.4 Å². The summed E-state index contributed by atoms with van der Waals surface area (Å²) in [5.41, 5.74) is -1.74. The van der Waals surface area contributed by atoms with Crippen LogP contribution in [-0.4, -0.2) is 71.3 Å². The van der Waals surface area contributed by atoms with Crippen molar-refractivity contribution in [2.75, 3.05) is 31.2 Å². The van der Waals surface area contributed by atoms with Crippen molar-refractivity contribution in [2.45, 2.75) is 56.3 Å². The number of rotatable bonds is 6. The number of unbranched alkanes of at least 4 members (excludes halogenated alkanes) is 2. The van der Waals surface area contributed by atoms with Crippen molar-refractivity contribution in [1.29, 1.82) is 0 Å². The van der Waals surface area contributed by atoms with E-state index in [1.807, 2.05) is 31.2 Å². The molecule has 0 radical (unpaired) electrons. The number of allylic oxidation sites excluding steroid dienone is 1. The summed E-state index contributed by atoms with van der Waals surface area (Å²) in [5.74, 6) is -2.77. The number of halogens is 1. The van der Waals surface area contributed by atoms with Crippen LogP contribution in [0.4, 0.5) is 5.69 Å². The van der Waals surface area contributed by atoms with Crippen molar-refractivity contribution >= 4 is 35.1 Å². The fourth-order valence-corrected chi connectivity index (χ4v) is 6.42. The van der Waals surface area contributed by atoms with Crippen molar-refractivity contribution in [1.82, 2.24) is 4.90 Å². The molecule has 5 atom stereocenters. The molecule has 4 aliphatic rings. The number of fused-ring (bicyclic) bond motifs is 2. The number of aliphatic hydroxyl groups is 1. The van der Waals surface area contributed by atoms with Crippen LogP contribution in [0.15, 0.2) is 48.6 Å². The molecule has 198 valence electrons. The molecule has 4 heterocycles. The Morgan fingerprint density at radius 2 is 1.81 bits per heavy atom. The maximum atomic E-state index is 14.3. The fourth-order valence-electron chi connectivity index (χ4n) is 6.30. The van der Waals surface area contributed by atoms with Gasteiger partial charge in [-0.25, -0.2) is 0 Å². The number of carbonyl (C=O) groups excluding carboxylic acids is 3. The first kappa shape index (κ1) is 25.9. The molecule has 2 fully saturated rings. The van der Waals surface area contributed by atoms with Gasteiger partial charge in [0.15, 0.2) is 0 Å². The molecule has 0 bridgehead atoms. The largest absolute Gasteiger partial charge is 0.465 e. The Hall–Kier alpha value is -2.68. The molecule has 1 aromatic carbocycles. The molecule has 2 saturated heterocycles. The van der Waals surface area contributed by atoms with Gasteiger partial charge in [-0.05, 0) is 63.3 Å². The van der Waals surface area contributed by atoms with Gasteiger partial charge in [-0.1, -0.05) is 35.9 Å². The van der Waals surface area contributed by atoms with Crippen molar-refractivity contribution in [3.8, 4) is 0 Å². The Labute approximate surface area is 221 Å². The standard InChI is InChI=1S/C28H33ClN2O6/c1-27-13-4-2-7-18-36-26(35)22(27)21-24(33)31(15-5-3-6-17-32)23-25(34)30(16-8-14-28(21,23)37-27)20-11-9-19(29)10-12-20/h4,8-14,21-23,32H,2-3,5-7,15-18H2,1H3/b13-4-/t21-,22-,23?,27+,28-/m0/s1. The number of benzene rings is 1. The number of carbonyl (C=O) groups is 3. The summed E-state index contributed by atoms with van der Waals surface area (Å²) in [6, 6.07) is 6.06. The van der Waals surface area contributed by atoms with Gasteiger partial charge in [0, 0.05) is 30.4 Å². The van der Waals surface area contributed by atoms with Gasteiger partial charge >= 0.3 is 5.97 Å². The predicted molar refractivity (Wildman–Crippen MR) is 138 cm³/mol. The Bertz CT molecular complexity index is 1120. The van der Waals surface area contributed by atoms with Crippen molar-refractivity contribution < 1.29 is 29.0 Å². The lowest BCUT2D eigenvalue weighted by molar-refractivity contribution is -0.158. The number of hydrogen-bond donors (Lipinski definition) is 1. The molecule has 0 aliphatic carbocycles. The zero-order chi connectivity index (χ0) is 26.2. The van der Waals surface area contributed by atoms with E-state index < -0.39 is 35.0 Å². The highest BCUT2D eigenvalue weighted by atomic mass is 35.5. The zero-order valence-corrected chi connectivity index (χ0v) is 21.7. The van der Waals surface area contributed by atoms with Crippen molar-refractivity contribution in [3.63, 3.8) is 0 Å². The van der Waals surface area contributed by atoms with E-state index in [2.05, 4.69) is 0 Å². The Morgan fingerprint density at radius 1 is 1.03 bits per heavy atom. The minimum absolute atomic E-state index is 0.0671. The number of likely N-dealkylation sites (tertiary alicyclic amines) is 1. The third-order valence-corrected chi connectivity index (χ3v) is 8.20. The van der Waals surface area contributed by atoms with Gasteiger partial charge in [0.25, 0.3) is 5.91 Å². The van der Waals surface area contributed by atoms with Gasteiger partial charge in [-0.3, -0.25) is 14.4 Å². The zero-order valence-electron chi connectivity index (χ0n) is 21.0. The van der Waals surface area contributed by atoms with Crippen LogP contribution in [0.1, 0.15) is 39.0 Å². The molecule has 9 heteroatoms. The SMILES string of the molecule is C[C@@]12/C=C\CCCOC(=O)[C@@H]1[C@H]1C(=O)N(CCCCCO)C3C(=O)N(c4ccc(Cl)cc4)CC=C[C@@]31O2. The summed E-state index contributed by atoms with van der Waals surface area (Å²) in [7, 11) is 0. The van der Waals surface area contributed by atoms with Gasteiger partial charge in [0.1, 0.15) is 17.6 Å². The average molecular weight is 529 g/mol. The first-order chi connectivity index (χ1) is 17.8. The maximum Gasteiger partial charge on any atom is 0.313 e. The highest BCUT2D eigenvalue weighted by Gasteiger charge is 2.74. The number of cyclic esters (lactones) is 1. The lowest BCUT2D eigenvalue weighted by atomic mass is 9.74. The quantitative estimate of drug-likeness (QED) is 0.346. The number of esters is 1. The molecule has 0 aromatic heterocycles. The lowest BCUT2D eigenvalue weighted by Gasteiger charge is -2.37. The number of hydrogen-bond acceptors (Lipinski definition) is 6. The van der Waals surface area contributed by atoms with Crippen LogP contribution in [0.3, 0.4) is 0 Å². The smallest absolute Gasteiger partial charge is 0.313 e. The molecule has 4 aliphatic heterocycles. The molecule has 0 saturated carbocycles. The van der Waals surface area contributed by atoms with Gasteiger partial charge in [0.2, 0.25) is 5.91 Å². The third-order valence-electron chi connectivity index (χ3n) is 7.95. The molecule has 1 aromatic rings. The van der Waals surface area contributed by atoms with Crippen LogP contribution >= 0.6 is 11.6 Å². The summed E-state index contributed by atoms with van der Waals surface area (Å²) < 4.78 is 12.4. The summed E-state index contributed by atoms with van der Waals surface area (Å²) >= 11 is 6.08. The molecule has 8 nitrogen and oxygen atoms in total. The monoisotopic (exact) mass is 528 g/mol. The van der Waals surface area contributed by atoms with E-state index in [4.69, 9.17) is 21.1 Å². The van der Waals surface area contributed by atoms with Gasteiger partial charge in [-0.2, -0.15) is 0 Å². The van der Waals surface area contributed by atoms with E-state index >= 15 is 0 Å². The lowest BCUT2D eigenvalue weighted by Crippen LogP contribution is -2.56. The predicted octanol–water partition coefficient (Wildman–Crippen LogP) is 3.27. The van der Waals surface area contributed by atoms with Gasteiger partial charge in [-0.15, -0.1) is 0 Å². The van der Waals surface area contributed by atoms with E-state index in [0.717, 1.165) is 6.42 Å². The van der Waals surface area contributed by atoms with Crippen LogP contribution < -0.4 is 4.90 Å². The summed E-state index contributed by atoms with van der Waals surface area (Å²) in [6.07, 6.45) is 10.9. The first-order valence-corrected chi connectivity index (χ1v) is 13.4. The molecule has 1 N–H and O–H groups in total. The normalized spacial score (nSPS) is 34.1. The second-order valence-electron chi connectivity index (χ2n) is 10.4. The Balaban J connectivity index is 1.59. The van der Waals surface area contributed by atoms with E-state index in [9.17, 15) is 19.5 Å². The van der Waals surface area contributed by atoms with E-state index in [1.54, 1.807) is 34.1 Å². The second-order valence-corrected chi connectivity index (χ2v) is 10.8. The van der Waals surface area contributed by atoms with Crippen LogP contribution in [0.5, 0.6) is 0 Å². The maximum absolute atomic E-state index is 14.3. The number of anilines is 1. The first-order valence-electron chi connectivity index (χ1n) is 13.0. The highest BCUT2D eigenvalue weighted by molar-refractivity contribution is 6.30. The van der Waals surface area contributed by atoms with E-state index in [1.165, 1.54) is 0 Å². The van der Waals surface area contributed by atoms with Crippen molar-refractivity contribution in [3.05, 3.63) is 53.6 Å². The third kappa shape index (κ3) is 4.39. The van der Waals surface area contributed by atoms with Gasteiger partial charge in [0.05, 0.1) is 18.1 Å². The fraction of sp³-hybridized carbons (Fsp3) is 0.536. The summed E-state index contributed by atoms with van der Waals surface area (Å²) in [6.45, 7) is 2.77. The number of aliphatic hydroxyl groups excluding tert-OH is 1. The number of amides is 2. The highest BCUT2D eigenvalue weighted by Crippen LogP contribution is 2.57. The molecule has 2 amide bonds. The van der Waals surface area contributed by atoms with Crippen molar-refractivity contribution in [2.24, 2.45) is 11.8 Å². The molecular weight excluding hydrogens is 496 g/mol. The Morgan fingerprint density at radius 3 is 2.57 bits per heavy atom. The second kappa shape index (κ2) is 10.2. The minimum Gasteiger partial charge on any atom is -0.465 e. The van der Waals surface area contributed by atoms with Crippen LogP contribution in [0, 0.1) is 11.8 Å². The summed E-state index contributed by atoms with van der Waals surface area (Å²) in [4.78, 5) is 45.0. The number of ether oxygens (including phenoxy) is 2. The van der Waals surface area contributed by atoms with Crippen LogP contribution in [0.25, 0.3) is 0 Å². The average Bonchev–Trinajstić information content (AvgIpc) is 3.22. The summed E-state index contributed by atoms with van der Waals surface area (Å²) in [5, 5.41) is 9.77. The Kier molecular flexibility index (Phi) is 7.18.